The zero-order valence-electron chi connectivity index (χ0n) is 12.1. The highest BCUT2D eigenvalue weighted by atomic mass is 35.5. The number of halogens is 1. The highest BCUT2D eigenvalue weighted by molar-refractivity contribution is 5.99. The number of amides is 1. The molecule has 1 rings (SSSR count). The van der Waals surface area contributed by atoms with E-state index in [1.54, 1.807) is 24.3 Å². The number of aliphatic hydroxyl groups excluding tert-OH is 1. The smallest absolute Gasteiger partial charge is 0.253 e. The molecule has 0 heterocycles. The summed E-state index contributed by atoms with van der Waals surface area (Å²) < 4.78 is 0. The summed E-state index contributed by atoms with van der Waals surface area (Å²) in [5, 5.41) is 11.9. The Morgan fingerprint density at radius 1 is 1.35 bits per heavy atom. The van der Waals surface area contributed by atoms with Gasteiger partial charge in [-0.3, -0.25) is 4.79 Å². The van der Waals surface area contributed by atoms with Crippen LogP contribution >= 0.6 is 12.4 Å². The second-order valence-electron chi connectivity index (χ2n) is 5.31. The van der Waals surface area contributed by atoms with Crippen molar-refractivity contribution in [3.8, 4) is 0 Å². The van der Waals surface area contributed by atoms with Crippen LogP contribution in [0.5, 0.6) is 0 Å². The highest BCUT2D eigenvalue weighted by Crippen LogP contribution is 2.15. The minimum atomic E-state index is -0.148. The summed E-state index contributed by atoms with van der Waals surface area (Å²) in [5.74, 6) is 0.707. The van der Waals surface area contributed by atoms with Crippen LogP contribution in [0.25, 0.3) is 0 Å². The fourth-order valence-electron chi connectivity index (χ4n) is 2.19. The molecular weight excluding hydrogens is 276 g/mol. The Hall–Kier alpha value is -1.26. The van der Waals surface area contributed by atoms with Gasteiger partial charge in [-0.25, -0.2) is 0 Å². The molecule has 0 radical (unpaired) electrons. The Balaban J connectivity index is 0.00000361. The van der Waals surface area contributed by atoms with E-state index >= 15 is 0 Å². The molecule has 0 aliphatic rings. The Labute approximate surface area is 127 Å². The predicted molar refractivity (Wildman–Crippen MR) is 85.1 cm³/mol. The van der Waals surface area contributed by atoms with E-state index < -0.39 is 0 Å². The average molecular weight is 301 g/mol. The monoisotopic (exact) mass is 300 g/mol. The molecule has 0 aliphatic heterocycles. The van der Waals surface area contributed by atoms with E-state index in [1.165, 1.54) is 0 Å². The molecule has 5 heteroatoms. The molecule has 20 heavy (non-hydrogen) atoms. The Bertz CT molecular complexity index is 411. The first-order valence-corrected chi connectivity index (χ1v) is 6.78. The van der Waals surface area contributed by atoms with E-state index in [1.807, 2.05) is 0 Å². The van der Waals surface area contributed by atoms with Crippen molar-refractivity contribution in [1.82, 2.24) is 5.32 Å². The van der Waals surface area contributed by atoms with Gasteiger partial charge < -0.3 is 16.2 Å². The second-order valence-corrected chi connectivity index (χ2v) is 5.31. The molecule has 0 spiro atoms. The van der Waals surface area contributed by atoms with Crippen LogP contribution in [0.15, 0.2) is 24.3 Å². The molecule has 1 amide bonds. The molecule has 0 bridgehead atoms. The summed E-state index contributed by atoms with van der Waals surface area (Å²) in [4.78, 5) is 12.0. The van der Waals surface area contributed by atoms with Crippen LogP contribution < -0.4 is 11.1 Å². The molecule has 114 valence electrons. The average Bonchev–Trinajstić information content (AvgIpc) is 2.36. The van der Waals surface area contributed by atoms with E-state index in [0.717, 1.165) is 6.42 Å². The normalized spacial score (nSPS) is 11.8. The van der Waals surface area contributed by atoms with Crippen molar-refractivity contribution >= 4 is 24.0 Å². The van der Waals surface area contributed by atoms with Crippen molar-refractivity contribution in [3.05, 3.63) is 29.8 Å². The molecular formula is C15H25ClN2O2. The van der Waals surface area contributed by atoms with E-state index in [4.69, 9.17) is 10.8 Å². The summed E-state index contributed by atoms with van der Waals surface area (Å²) in [7, 11) is 0. The van der Waals surface area contributed by atoms with Crippen LogP contribution in [0.1, 0.15) is 37.0 Å². The van der Waals surface area contributed by atoms with E-state index in [9.17, 15) is 4.79 Å². The number of nitrogens with two attached hydrogens (primary N) is 1. The van der Waals surface area contributed by atoms with Gasteiger partial charge in [0.15, 0.2) is 0 Å². The lowest BCUT2D eigenvalue weighted by Gasteiger charge is -2.18. The van der Waals surface area contributed by atoms with Gasteiger partial charge in [-0.2, -0.15) is 0 Å². The van der Waals surface area contributed by atoms with Crippen molar-refractivity contribution in [3.63, 3.8) is 0 Å². The third-order valence-corrected chi connectivity index (χ3v) is 3.10. The summed E-state index contributed by atoms with van der Waals surface area (Å²) >= 11 is 0. The third-order valence-electron chi connectivity index (χ3n) is 3.10. The van der Waals surface area contributed by atoms with Gasteiger partial charge in [-0.15, -0.1) is 12.4 Å². The number of carbonyl (C=O) groups is 1. The minimum absolute atomic E-state index is 0. The molecule has 0 fully saturated rings. The number of hydrogen-bond donors (Lipinski definition) is 3. The third kappa shape index (κ3) is 6.26. The highest BCUT2D eigenvalue weighted by Gasteiger charge is 2.14. The number of nitrogens with one attached hydrogen (secondary N) is 1. The molecule has 0 saturated carbocycles. The number of benzene rings is 1. The first-order valence-electron chi connectivity index (χ1n) is 6.78. The first-order chi connectivity index (χ1) is 9.04. The quantitative estimate of drug-likeness (QED) is 0.677. The molecule has 1 aromatic carbocycles. The Kier molecular flexibility index (Phi) is 9.01. The van der Waals surface area contributed by atoms with Crippen molar-refractivity contribution in [2.75, 3.05) is 18.9 Å². The van der Waals surface area contributed by atoms with E-state index in [2.05, 4.69) is 19.2 Å². The molecule has 4 nitrogen and oxygen atoms in total. The van der Waals surface area contributed by atoms with Gasteiger partial charge in [0.2, 0.25) is 0 Å². The molecule has 4 N–H and O–H groups in total. The van der Waals surface area contributed by atoms with Crippen LogP contribution in [0.2, 0.25) is 0 Å². The van der Waals surface area contributed by atoms with Crippen LogP contribution in [0.3, 0.4) is 0 Å². The number of aliphatic hydroxyl groups is 1. The maximum atomic E-state index is 12.0. The van der Waals surface area contributed by atoms with Crippen molar-refractivity contribution in [1.29, 1.82) is 0 Å². The van der Waals surface area contributed by atoms with Gasteiger partial charge in [0.25, 0.3) is 5.91 Å². The number of anilines is 1. The lowest BCUT2D eigenvalue weighted by molar-refractivity contribution is 0.0942. The number of carbonyl (C=O) groups excluding carboxylic acids is 1. The molecule has 1 aromatic rings. The summed E-state index contributed by atoms with van der Waals surface area (Å²) in [6.45, 7) is 5.01. The Morgan fingerprint density at radius 3 is 2.55 bits per heavy atom. The molecule has 1 atom stereocenters. The number of hydrogen-bond acceptors (Lipinski definition) is 3. The van der Waals surface area contributed by atoms with Gasteiger partial charge in [0, 0.05) is 18.8 Å². The maximum absolute atomic E-state index is 12.0. The van der Waals surface area contributed by atoms with Crippen molar-refractivity contribution in [2.45, 2.75) is 26.7 Å². The molecule has 1 unspecified atom stereocenters. The van der Waals surface area contributed by atoms with E-state index in [0.29, 0.717) is 36.1 Å². The topological polar surface area (TPSA) is 75.3 Å². The van der Waals surface area contributed by atoms with Crippen molar-refractivity contribution in [2.24, 2.45) is 11.8 Å². The fraction of sp³-hybridized carbons (Fsp3) is 0.533. The summed E-state index contributed by atoms with van der Waals surface area (Å²) in [5.41, 5.74) is 6.76. The summed E-state index contributed by atoms with van der Waals surface area (Å²) in [6, 6.07) is 7.03. The van der Waals surface area contributed by atoms with Gasteiger partial charge in [0.1, 0.15) is 0 Å². The number of nitrogen functional groups attached to an aromatic ring is 1. The Morgan fingerprint density at radius 2 is 2.00 bits per heavy atom. The van der Waals surface area contributed by atoms with Gasteiger partial charge in [-0.05, 0) is 36.8 Å². The number of rotatable bonds is 7. The zero-order valence-corrected chi connectivity index (χ0v) is 13.0. The van der Waals surface area contributed by atoms with Crippen molar-refractivity contribution < 1.29 is 9.90 Å². The molecule has 0 aromatic heterocycles. The SMILES string of the molecule is CC(C)CC(CCO)CNC(=O)c1ccccc1N.Cl. The second kappa shape index (κ2) is 9.61. The molecule has 0 aliphatic carbocycles. The minimum Gasteiger partial charge on any atom is -0.398 e. The van der Waals surface area contributed by atoms with E-state index in [-0.39, 0.29) is 24.9 Å². The van der Waals surface area contributed by atoms with Gasteiger partial charge in [-0.1, -0.05) is 26.0 Å². The summed E-state index contributed by atoms with van der Waals surface area (Å²) in [6.07, 6.45) is 1.70. The van der Waals surface area contributed by atoms with Crippen LogP contribution in [0.4, 0.5) is 5.69 Å². The van der Waals surface area contributed by atoms with Gasteiger partial charge >= 0.3 is 0 Å². The van der Waals surface area contributed by atoms with Crippen LogP contribution in [-0.2, 0) is 0 Å². The molecule has 0 saturated heterocycles. The van der Waals surface area contributed by atoms with Crippen LogP contribution in [-0.4, -0.2) is 24.2 Å². The fourth-order valence-corrected chi connectivity index (χ4v) is 2.19. The lowest BCUT2D eigenvalue weighted by atomic mass is 9.94. The standard InChI is InChI=1S/C15H24N2O2.ClH/c1-11(2)9-12(7-8-18)10-17-15(19)13-5-3-4-6-14(13)16;/h3-6,11-12,18H,7-10,16H2,1-2H3,(H,17,19);1H. The number of para-hydroxylation sites is 1. The predicted octanol–water partition coefficient (Wildman–Crippen LogP) is 2.47. The lowest BCUT2D eigenvalue weighted by Crippen LogP contribution is -2.30. The van der Waals surface area contributed by atoms with Crippen LogP contribution in [0, 0.1) is 11.8 Å². The largest absolute Gasteiger partial charge is 0.398 e. The maximum Gasteiger partial charge on any atom is 0.253 e. The van der Waals surface area contributed by atoms with Gasteiger partial charge in [0.05, 0.1) is 5.56 Å². The first kappa shape index (κ1) is 18.7. The zero-order chi connectivity index (χ0) is 14.3.